The number of likely N-dealkylation sites (tertiary alicyclic amines) is 1. The molecule has 172 valence electrons. The van der Waals surface area contributed by atoms with E-state index in [1.54, 1.807) is 0 Å². The molecule has 5 nitrogen and oxygen atoms in total. The molecule has 0 bridgehead atoms. The van der Waals surface area contributed by atoms with Crippen LogP contribution in [0.1, 0.15) is 26.7 Å². The predicted molar refractivity (Wildman–Crippen MR) is 129 cm³/mol. The van der Waals surface area contributed by atoms with Crippen LogP contribution in [-0.4, -0.2) is 69.4 Å². The lowest BCUT2D eigenvalue weighted by Crippen LogP contribution is -2.39. The van der Waals surface area contributed by atoms with Crippen LogP contribution in [-0.2, 0) is 0 Å². The summed E-state index contributed by atoms with van der Waals surface area (Å²) in [5, 5.41) is 6.57. The molecule has 1 aliphatic rings. The van der Waals surface area contributed by atoms with Crippen LogP contribution in [0.5, 0.6) is 0 Å². The molecule has 0 radical (unpaired) electrons. The highest BCUT2D eigenvalue weighted by atomic mass is 127. The standard InChI is InChI=1S/C21H34F3N5.HI/c1-3-25-20(27-15-18-11-14-28(16-18)17-21(22,23)24)26-12-8-13-29(4-2)19-9-6-5-7-10-19;/h5-7,9-10,18H,3-4,8,11-17H2,1-2H3,(H2,25,26,27);1H. The third-order valence-electron chi connectivity index (χ3n) is 5.03. The van der Waals surface area contributed by atoms with Crippen LogP contribution in [0.15, 0.2) is 35.3 Å². The van der Waals surface area contributed by atoms with E-state index in [-0.39, 0.29) is 29.9 Å². The van der Waals surface area contributed by atoms with E-state index in [2.05, 4.69) is 39.6 Å². The van der Waals surface area contributed by atoms with Gasteiger partial charge in [-0.2, -0.15) is 13.2 Å². The molecule has 0 aromatic heterocycles. The van der Waals surface area contributed by atoms with Crippen molar-refractivity contribution >= 4 is 35.6 Å². The molecule has 1 unspecified atom stereocenters. The van der Waals surface area contributed by atoms with Crippen molar-refractivity contribution in [2.24, 2.45) is 10.9 Å². The molecule has 1 saturated heterocycles. The summed E-state index contributed by atoms with van der Waals surface area (Å²) in [6, 6.07) is 10.3. The van der Waals surface area contributed by atoms with Gasteiger partial charge in [0.05, 0.1) is 6.54 Å². The minimum absolute atomic E-state index is 0. The predicted octanol–water partition coefficient (Wildman–Crippen LogP) is 3.96. The van der Waals surface area contributed by atoms with Gasteiger partial charge in [0.25, 0.3) is 0 Å². The first kappa shape index (κ1) is 26.8. The van der Waals surface area contributed by atoms with E-state index in [0.29, 0.717) is 19.6 Å². The monoisotopic (exact) mass is 541 g/mol. The summed E-state index contributed by atoms with van der Waals surface area (Å²) in [5.74, 6) is 0.922. The van der Waals surface area contributed by atoms with Crippen molar-refractivity contribution in [2.45, 2.75) is 32.9 Å². The molecule has 1 atom stereocenters. The van der Waals surface area contributed by atoms with E-state index in [1.807, 2.05) is 25.1 Å². The molecule has 1 aromatic carbocycles. The second-order valence-electron chi connectivity index (χ2n) is 7.42. The van der Waals surface area contributed by atoms with Crippen molar-refractivity contribution in [2.75, 3.05) is 57.3 Å². The molecule has 2 rings (SSSR count). The number of hydrogen-bond donors (Lipinski definition) is 2. The Morgan fingerprint density at radius 2 is 1.93 bits per heavy atom. The summed E-state index contributed by atoms with van der Waals surface area (Å²) in [4.78, 5) is 8.40. The fourth-order valence-corrected chi connectivity index (χ4v) is 3.61. The fourth-order valence-electron chi connectivity index (χ4n) is 3.61. The van der Waals surface area contributed by atoms with Gasteiger partial charge in [0.15, 0.2) is 5.96 Å². The molecule has 0 amide bonds. The Hall–Kier alpha value is -1.23. The maximum atomic E-state index is 12.5. The summed E-state index contributed by atoms with van der Waals surface area (Å²) in [7, 11) is 0. The van der Waals surface area contributed by atoms with Crippen LogP contribution in [0.3, 0.4) is 0 Å². The zero-order chi connectivity index (χ0) is 21.1. The Bertz CT molecular complexity index is 612. The Labute approximate surface area is 195 Å². The minimum atomic E-state index is -4.12. The number of benzene rings is 1. The molecule has 1 aromatic rings. The number of guanidine groups is 1. The average molecular weight is 541 g/mol. The zero-order valence-electron chi connectivity index (χ0n) is 17.9. The average Bonchev–Trinajstić information content (AvgIpc) is 3.12. The molecule has 0 spiro atoms. The number of rotatable bonds is 10. The summed E-state index contributed by atoms with van der Waals surface area (Å²) < 4.78 is 37.6. The van der Waals surface area contributed by atoms with E-state index >= 15 is 0 Å². The SMILES string of the molecule is CCNC(=NCC1CCN(CC(F)(F)F)C1)NCCCN(CC)c1ccccc1.I. The fraction of sp³-hybridized carbons (Fsp3) is 0.667. The molecule has 0 saturated carbocycles. The lowest BCUT2D eigenvalue weighted by atomic mass is 10.1. The maximum absolute atomic E-state index is 12.5. The molecule has 1 aliphatic heterocycles. The Kier molecular flexibility index (Phi) is 12.5. The van der Waals surface area contributed by atoms with Gasteiger partial charge >= 0.3 is 6.18 Å². The van der Waals surface area contributed by atoms with Crippen LogP contribution in [0, 0.1) is 5.92 Å². The quantitative estimate of drug-likeness (QED) is 0.204. The Morgan fingerprint density at radius 3 is 2.57 bits per heavy atom. The third-order valence-corrected chi connectivity index (χ3v) is 5.03. The van der Waals surface area contributed by atoms with Crippen LogP contribution in [0.2, 0.25) is 0 Å². The first-order chi connectivity index (χ1) is 13.9. The summed E-state index contributed by atoms with van der Waals surface area (Å²) in [5.41, 5.74) is 1.22. The smallest absolute Gasteiger partial charge is 0.372 e. The first-order valence-electron chi connectivity index (χ1n) is 10.5. The lowest BCUT2D eigenvalue weighted by Gasteiger charge is -2.23. The van der Waals surface area contributed by atoms with Crippen molar-refractivity contribution in [3.63, 3.8) is 0 Å². The van der Waals surface area contributed by atoms with Crippen molar-refractivity contribution in [1.29, 1.82) is 0 Å². The normalized spacial score (nSPS) is 17.5. The summed E-state index contributed by atoms with van der Waals surface area (Å²) in [6.07, 6.45) is -2.39. The van der Waals surface area contributed by atoms with Crippen molar-refractivity contribution in [1.82, 2.24) is 15.5 Å². The van der Waals surface area contributed by atoms with Crippen LogP contribution in [0.25, 0.3) is 0 Å². The van der Waals surface area contributed by atoms with E-state index in [1.165, 1.54) is 10.6 Å². The maximum Gasteiger partial charge on any atom is 0.401 e. The summed E-state index contributed by atoms with van der Waals surface area (Å²) in [6.45, 7) is 8.29. The molecule has 1 fully saturated rings. The zero-order valence-corrected chi connectivity index (χ0v) is 20.2. The van der Waals surface area contributed by atoms with Crippen LogP contribution < -0.4 is 15.5 Å². The third kappa shape index (κ3) is 10.2. The second-order valence-corrected chi connectivity index (χ2v) is 7.42. The number of nitrogens with one attached hydrogen (secondary N) is 2. The van der Waals surface area contributed by atoms with E-state index in [0.717, 1.165) is 45.0 Å². The molecule has 2 N–H and O–H groups in total. The summed E-state index contributed by atoms with van der Waals surface area (Å²) >= 11 is 0. The van der Waals surface area contributed by atoms with Crippen LogP contribution in [0.4, 0.5) is 18.9 Å². The van der Waals surface area contributed by atoms with E-state index in [9.17, 15) is 13.2 Å². The number of nitrogens with zero attached hydrogens (tertiary/aromatic N) is 3. The van der Waals surface area contributed by atoms with Gasteiger partial charge < -0.3 is 15.5 Å². The highest BCUT2D eigenvalue weighted by Crippen LogP contribution is 2.22. The molecule has 9 heteroatoms. The molecular weight excluding hydrogens is 506 g/mol. The van der Waals surface area contributed by atoms with Crippen molar-refractivity contribution in [3.8, 4) is 0 Å². The van der Waals surface area contributed by atoms with E-state index < -0.39 is 12.7 Å². The van der Waals surface area contributed by atoms with Gasteiger partial charge in [0.1, 0.15) is 0 Å². The Morgan fingerprint density at radius 1 is 1.20 bits per heavy atom. The number of halogens is 4. The molecular formula is C21H35F3IN5. The first-order valence-corrected chi connectivity index (χ1v) is 10.5. The highest BCUT2D eigenvalue weighted by molar-refractivity contribution is 14.0. The topological polar surface area (TPSA) is 42.9 Å². The van der Waals surface area contributed by atoms with Gasteiger partial charge in [-0.25, -0.2) is 0 Å². The highest BCUT2D eigenvalue weighted by Gasteiger charge is 2.34. The lowest BCUT2D eigenvalue weighted by molar-refractivity contribution is -0.143. The van der Waals surface area contributed by atoms with Gasteiger partial charge in [0.2, 0.25) is 0 Å². The number of alkyl halides is 3. The minimum Gasteiger partial charge on any atom is -0.372 e. The van der Waals surface area contributed by atoms with Gasteiger partial charge in [-0.05, 0) is 51.3 Å². The second kappa shape index (κ2) is 14.0. The number of aliphatic imine (C=N–C) groups is 1. The van der Waals surface area contributed by atoms with Crippen molar-refractivity contribution < 1.29 is 13.2 Å². The molecule has 30 heavy (non-hydrogen) atoms. The van der Waals surface area contributed by atoms with Gasteiger partial charge in [-0.15, -0.1) is 24.0 Å². The van der Waals surface area contributed by atoms with Crippen molar-refractivity contribution in [3.05, 3.63) is 30.3 Å². The molecule has 0 aliphatic carbocycles. The molecule has 1 heterocycles. The number of para-hydroxylation sites is 1. The van der Waals surface area contributed by atoms with Gasteiger partial charge in [-0.1, -0.05) is 18.2 Å². The number of anilines is 1. The largest absolute Gasteiger partial charge is 0.401 e. The number of hydrogen-bond acceptors (Lipinski definition) is 3. The van der Waals surface area contributed by atoms with E-state index in [4.69, 9.17) is 0 Å². The van der Waals surface area contributed by atoms with Gasteiger partial charge in [-0.3, -0.25) is 9.89 Å². The van der Waals surface area contributed by atoms with Gasteiger partial charge in [0, 0.05) is 45.0 Å². The van der Waals surface area contributed by atoms with Crippen LogP contribution >= 0.6 is 24.0 Å². The Balaban J connectivity index is 0.00000450.